The summed E-state index contributed by atoms with van der Waals surface area (Å²) in [6, 6.07) is 0. The van der Waals surface area contributed by atoms with Crippen molar-refractivity contribution in [2.24, 2.45) is 0 Å². The molecule has 1 fully saturated rings. The maximum Gasteiger partial charge on any atom is 0.134 e. The zero-order valence-electron chi connectivity index (χ0n) is 13.2. The zero-order chi connectivity index (χ0) is 16.3. The highest BCUT2D eigenvalue weighted by atomic mass is 32.3. The van der Waals surface area contributed by atoms with Gasteiger partial charge in [-0.3, -0.25) is 0 Å². The maximum absolute atomic E-state index is 4.71. The molecule has 0 atom stereocenters. The molecular formula is C16H14N2S6. The molecule has 1 aliphatic carbocycles. The molecule has 0 radical (unpaired) electrons. The van der Waals surface area contributed by atoms with Gasteiger partial charge in [0.25, 0.3) is 0 Å². The van der Waals surface area contributed by atoms with Gasteiger partial charge in [-0.05, 0) is 45.1 Å². The van der Waals surface area contributed by atoms with Crippen molar-refractivity contribution in [3.63, 3.8) is 0 Å². The number of hydrogen-bond acceptors (Lipinski definition) is 8. The Morgan fingerprint density at radius 1 is 0.583 bits per heavy atom. The van der Waals surface area contributed by atoms with Crippen LogP contribution in [0.25, 0.3) is 0 Å². The molecule has 1 aromatic heterocycles. The molecule has 24 heavy (non-hydrogen) atoms. The molecule has 0 bridgehead atoms. The lowest BCUT2D eigenvalue weighted by Crippen LogP contribution is -1.93. The Bertz CT molecular complexity index is 791. The van der Waals surface area contributed by atoms with E-state index in [1.807, 2.05) is 60.9 Å². The summed E-state index contributed by atoms with van der Waals surface area (Å²) in [4.78, 5) is 9.41. The lowest BCUT2D eigenvalue weighted by molar-refractivity contribution is 0.863. The second-order valence-electron chi connectivity index (χ2n) is 5.87. The number of nitrogens with zero attached hydrogens (tertiary/aromatic N) is 2. The molecule has 0 N–H and O–H groups in total. The van der Waals surface area contributed by atoms with E-state index in [-0.39, 0.29) is 0 Å². The van der Waals surface area contributed by atoms with Gasteiger partial charge in [0.1, 0.15) is 10.1 Å². The largest absolute Gasteiger partial charge is 0.242 e. The van der Waals surface area contributed by atoms with Crippen LogP contribution in [0.15, 0.2) is 36.8 Å². The SMILES string of the molecule is Cc1nc2c(nc1C)SC(=C1SC3=C(SC(=C4CCCC4)S3)S1)S2. The molecule has 4 heterocycles. The molecule has 0 aromatic carbocycles. The summed E-state index contributed by atoms with van der Waals surface area (Å²) in [5, 5.41) is 2.15. The van der Waals surface area contributed by atoms with Crippen LogP contribution < -0.4 is 0 Å². The van der Waals surface area contributed by atoms with E-state index in [4.69, 9.17) is 9.97 Å². The summed E-state index contributed by atoms with van der Waals surface area (Å²) in [5.74, 6) is 0. The van der Waals surface area contributed by atoms with Gasteiger partial charge in [-0.1, -0.05) is 70.6 Å². The van der Waals surface area contributed by atoms with E-state index in [0.29, 0.717) is 0 Å². The van der Waals surface area contributed by atoms with Crippen molar-refractivity contribution in [1.29, 1.82) is 0 Å². The Balaban J connectivity index is 1.35. The highest BCUT2D eigenvalue weighted by Gasteiger charge is 2.35. The van der Waals surface area contributed by atoms with Crippen molar-refractivity contribution < 1.29 is 0 Å². The minimum atomic E-state index is 1.04. The molecule has 0 saturated heterocycles. The van der Waals surface area contributed by atoms with Crippen LogP contribution in [-0.4, -0.2) is 9.97 Å². The first kappa shape index (κ1) is 16.6. The van der Waals surface area contributed by atoms with Crippen LogP contribution in [0.5, 0.6) is 0 Å². The fourth-order valence-electron chi connectivity index (χ4n) is 2.80. The topological polar surface area (TPSA) is 25.8 Å². The van der Waals surface area contributed by atoms with Crippen molar-refractivity contribution in [3.8, 4) is 0 Å². The predicted octanol–water partition coefficient (Wildman–Crippen LogP) is 7.29. The van der Waals surface area contributed by atoms with E-state index >= 15 is 0 Å². The Morgan fingerprint density at radius 3 is 1.50 bits per heavy atom. The van der Waals surface area contributed by atoms with Gasteiger partial charge in [-0.25, -0.2) is 9.97 Å². The summed E-state index contributed by atoms with van der Waals surface area (Å²) in [7, 11) is 0. The van der Waals surface area contributed by atoms with Crippen LogP contribution in [0.4, 0.5) is 0 Å². The number of aromatic nitrogens is 2. The number of fused-ring (bicyclic) bond motifs is 1. The normalized spacial score (nSPS) is 22.9. The molecule has 8 heteroatoms. The van der Waals surface area contributed by atoms with E-state index in [1.165, 1.54) is 42.6 Å². The lowest BCUT2D eigenvalue weighted by atomic mass is 10.3. The second kappa shape index (κ2) is 6.53. The van der Waals surface area contributed by atoms with Crippen molar-refractivity contribution in [3.05, 3.63) is 38.1 Å². The number of aryl methyl sites for hydroxylation is 2. The van der Waals surface area contributed by atoms with Crippen LogP contribution in [0, 0.1) is 13.8 Å². The van der Waals surface area contributed by atoms with Crippen LogP contribution in [0.1, 0.15) is 37.1 Å². The van der Waals surface area contributed by atoms with Gasteiger partial charge in [0, 0.05) is 0 Å². The third-order valence-corrected chi connectivity index (χ3v) is 12.9. The predicted molar refractivity (Wildman–Crippen MR) is 113 cm³/mol. The van der Waals surface area contributed by atoms with E-state index in [0.717, 1.165) is 21.4 Å². The summed E-state index contributed by atoms with van der Waals surface area (Å²) < 4.78 is 7.34. The number of thioether (sulfide) groups is 6. The summed E-state index contributed by atoms with van der Waals surface area (Å²) in [6.45, 7) is 4.08. The maximum atomic E-state index is 4.71. The van der Waals surface area contributed by atoms with Crippen LogP contribution in [-0.2, 0) is 0 Å². The first-order valence-electron chi connectivity index (χ1n) is 7.80. The van der Waals surface area contributed by atoms with Gasteiger partial charge in [0.15, 0.2) is 0 Å². The van der Waals surface area contributed by atoms with Crippen LogP contribution in [0.3, 0.4) is 0 Å². The van der Waals surface area contributed by atoms with Gasteiger partial charge in [-0.15, -0.1) is 0 Å². The zero-order valence-corrected chi connectivity index (χ0v) is 18.1. The van der Waals surface area contributed by atoms with E-state index in [1.54, 1.807) is 33.3 Å². The fourth-order valence-corrected chi connectivity index (χ4v) is 12.0. The summed E-state index contributed by atoms with van der Waals surface area (Å²) >= 11 is 11.5. The van der Waals surface area contributed by atoms with E-state index in [9.17, 15) is 0 Å². The number of allylic oxidation sites excluding steroid dienone is 1. The van der Waals surface area contributed by atoms with Crippen LogP contribution in [0.2, 0.25) is 0 Å². The number of rotatable bonds is 0. The van der Waals surface area contributed by atoms with Crippen molar-refractivity contribution in [1.82, 2.24) is 9.97 Å². The van der Waals surface area contributed by atoms with Crippen LogP contribution >= 0.6 is 70.6 Å². The molecule has 2 nitrogen and oxygen atoms in total. The minimum Gasteiger partial charge on any atom is -0.242 e. The molecule has 1 saturated carbocycles. The third-order valence-electron chi connectivity index (χ3n) is 4.19. The first-order chi connectivity index (χ1) is 11.7. The highest BCUT2D eigenvalue weighted by molar-refractivity contribution is 8.48. The average Bonchev–Trinajstić information content (AvgIpc) is 3.29. The Kier molecular flexibility index (Phi) is 4.51. The molecule has 0 amide bonds. The minimum absolute atomic E-state index is 1.04. The van der Waals surface area contributed by atoms with Gasteiger partial charge >= 0.3 is 0 Å². The molecule has 0 unspecified atom stereocenters. The molecule has 3 aliphatic heterocycles. The van der Waals surface area contributed by atoms with E-state index in [2.05, 4.69) is 0 Å². The molecular weight excluding hydrogens is 413 g/mol. The molecule has 5 rings (SSSR count). The van der Waals surface area contributed by atoms with Crippen molar-refractivity contribution in [2.75, 3.05) is 0 Å². The van der Waals surface area contributed by atoms with Gasteiger partial charge < -0.3 is 0 Å². The average molecular weight is 427 g/mol. The summed E-state index contributed by atoms with van der Waals surface area (Å²) in [6.07, 6.45) is 5.39. The monoisotopic (exact) mass is 426 g/mol. The molecule has 0 spiro atoms. The van der Waals surface area contributed by atoms with E-state index < -0.39 is 0 Å². The summed E-state index contributed by atoms with van der Waals surface area (Å²) in [5.41, 5.74) is 3.78. The molecule has 4 aliphatic rings. The van der Waals surface area contributed by atoms with Crippen molar-refractivity contribution >= 4 is 70.6 Å². The third kappa shape index (κ3) is 2.91. The van der Waals surface area contributed by atoms with Gasteiger partial charge in [-0.2, -0.15) is 0 Å². The Labute approximate surface area is 167 Å². The van der Waals surface area contributed by atoms with Gasteiger partial charge in [0.2, 0.25) is 0 Å². The molecule has 1 aromatic rings. The quantitative estimate of drug-likeness (QED) is 0.426. The Morgan fingerprint density at radius 2 is 1.00 bits per heavy atom. The fraction of sp³-hybridized carbons (Fsp3) is 0.375. The smallest absolute Gasteiger partial charge is 0.134 e. The standard InChI is InChI=1S/C16H14N2S6/c1-7-8(2)18-11-10(17-7)19-13(20-11)14-23-15-16(24-14)22-12(21-15)9-5-3-4-6-9/h3-6H2,1-2H3. The van der Waals surface area contributed by atoms with Crippen molar-refractivity contribution in [2.45, 2.75) is 49.6 Å². The number of hydrogen-bond donors (Lipinski definition) is 0. The Hall–Kier alpha value is 0.400. The van der Waals surface area contributed by atoms with Gasteiger partial charge in [0.05, 0.1) is 32.6 Å². The second-order valence-corrected chi connectivity index (χ2v) is 13.2. The lowest BCUT2D eigenvalue weighted by Gasteiger charge is -2.06. The first-order valence-corrected chi connectivity index (χ1v) is 12.7. The molecule has 124 valence electrons. The highest BCUT2D eigenvalue weighted by Crippen LogP contribution is 2.70.